The molecule has 0 heterocycles. The number of hydrogen-bond donors (Lipinski definition) is 2. The largest absolute Gasteiger partial charge is 0.484 e. The Kier molecular flexibility index (Phi) is 7.87. The molecular weight excluding hydrogens is 354 g/mol. The number of aryl methyl sites for hydroxylation is 1. The zero-order valence-corrected chi connectivity index (χ0v) is 17.9. The summed E-state index contributed by atoms with van der Waals surface area (Å²) < 4.78 is 5.53. The predicted octanol–water partition coefficient (Wildman–Crippen LogP) is 2.51. The van der Waals surface area contributed by atoms with E-state index in [0.29, 0.717) is 18.2 Å². The van der Waals surface area contributed by atoms with E-state index in [1.165, 1.54) is 0 Å². The first-order chi connectivity index (χ1) is 13.4. The molecular formula is C22H35N3O3. The van der Waals surface area contributed by atoms with Gasteiger partial charge in [-0.05, 0) is 51.9 Å². The molecule has 6 nitrogen and oxygen atoms in total. The summed E-state index contributed by atoms with van der Waals surface area (Å²) in [6.07, 6.45) is 2.80. The van der Waals surface area contributed by atoms with Crippen molar-refractivity contribution in [2.45, 2.75) is 58.5 Å². The van der Waals surface area contributed by atoms with E-state index in [4.69, 9.17) is 4.74 Å². The van der Waals surface area contributed by atoms with Crippen molar-refractivity contribution in [2.75, 3.05) is 26.7 Å². The summed E-state index contributed by atoms with van der Waals surface area (Å²) >= 11 is 0. The van der Waals surface area contributed by atoms with Crippen LogP contribution in [-0.4, -0.2) is 55.0 Å². The molecule has 0 aliphatic heterocycles. The smallest absolute Gasteiger partial charge is 0.258 e. The van der Waals surface area contributed by atoms with Gasteiger partial charge in [-0.3, -0.25) is 14.5 Å². The van der Waals surface area contributed by atoms with Crippen molar-refractivity contribution < 1.29 is 14.3 Å². The average molecular weight is 390 g/mol. The monoisotopic (exact) mass is 389 g/mol. The molecule has 3 atom stereocenters. The molecule has 0 radical (unpaired) electrons. The molecule has 0 spiro atoms. The highest BCUT2D eigenvalue weighted by Gasteiger charge is 2.68. The third kappa shape index (κ3) is 5.71. The van der Waals surface area contributed by atoms with Crippen molar-refractivity contribution in [1.82, 2.24) is 15.5 Å². The third-order valence-electron chi connectivity index (χ3n) is 5.35. The first-order valence-corrected chi connectivity index (χ1v) is 10.4. The van der Waals surface area contributed by atoms with Crippen LogP contribution in [0.5, 0.6) is 5.75 Å². The number of likely N-dealkylation sites (N-methyl/N-ethyl adjacent to an activating group) is 1. The van der Waals surface area contributed by atoms with Crippen LogP contribution in [0.25, 0.3) is 0 Å². The predicted molar refractivity (Wildman–Crippen MR) is 111 cm³/mol. The summed E-state index contributed by atoms with van der Waals surface area (Å²) in [5.74, 6) is 1.04. The van der Waals surface area contributed by atoms with E-state index in [2.05, 4.69) is 17.6 Å². The fraction of sp³-hybridized carbons (Fsp3) is 0.636. The molecule has 0 bridgehead atoms. The summed E-state index contributed by atoms with van der Waals surface area (Å²) in [7, 11) is 1.96. The number of ether oxygens (including phenoxy) is 1. The van der Waals surface area contributed by atoms with Gasteiger partial charge in [0.15, 0.2) is 6.61 Å². The van der Waals surface area contributed by atoms with Crippen molar-refractivity contribution in [3.8, 4) is 5.75 Å². The van der Waals surface area contributed by atoms with Gasteiger partial charge in [0.25, 0.3) is 5.91 Å². The molecule has 2 aliphatic carbocycles. The minimum Gasteiger partial charge on any atom is -0.484 e. The molecule has 2 aliphatic rings. The lowest BCUT2D eigenvalue weighted by Crippen LogP contribution is -2.57. The molecule has 3 rings (SSSR count). The number of rotatable bonds is 9. The van der Waals surface area contributed by atoms with Crippen LogP contribution in [0, 0.1) is 12.8 Å². The van der Waals surface area contributed by atoms with E-state index in [0.717, 1.165) is 31.4 Å². The van der Waals surface area contributed by atoms with Gasteiger partial charge in [0.2, 0.25) is 5.91 Å². The van der Waals surface area contributed by atoms with Crippen molar-refractivity contribution in [1.29, 1.82) is 0 Å². The van der Waals surface area contributed by atoms with Gasteiger partial charge in [-0.15, -0.1) is 0 Å². The Hall–Kier alpha value is -2.08. The number of carbonyl (C=O) groups is 2. The standard InChI is InChI=1S/C20H29N3O3.C2H6/c1-4-9-23(3)12-18(24)21-17-11-20(10-16(17)20)22-19(25)13-26-15-7-5-14(2)6-8-15;1-2/h5-8,16-17H,4,9-13H2,1-3H3,(H,21,24)(H,22,25);1-2H3. The summed E-state index contributed by atoms with van der Waals surface area (Å²) in [6.45, 7) is 9.49. The van der Waals surface area contributed by atoms with E-state index in [1.54, 1.807) is 0 Å². The normalized spacial score (nSPS) is 24.2. The molecule has 0 aromatic heterocycles. The number of carbonyl (C=O) groups excluding carboxylic acids is 2. The first kappa shape index (κ1) is 22.2. The molecule has 2 fully saturated rings. The summed E-state index contributed by atoms with van der Waals surface area (Å²) in [5, 5.41) is 6.18. The molecule has 3 unspecified atom stereocenters. The highest BCUT2D eigenvalue weighted by molar-refractivity contribution is 5.81. The highest BCUT2D eigenvalue weighted by atomic mass is 16.5. The molecule has 1 aromatic carbocycles. The Morgan fingerprint density at radius 1 is 1.18 bits per heavy atom. The topological polar surface area (TPSA) is 70.7 Å². The average Bonchev–Trinajstić information content (AvgIpc) is 3.25. The zero-order chi connectivity index (χ0) is 20.7. The van der Waals surface area contributed by atoms with Crippen LogP contribution >= 0.6 is 0 Å². The van der Waals surface area contributed by atoms with Crippen LogP contribution in [0.3, 0.4) is 0 Å². The van der Waals surface area contributed by atoms with Gasteiger partial charge in [-0.2, -0.15) is 0 Å². The Bertz CT molecular complexity index is 661. The second kappa shape index (κ2) is 9.92. The molecule has 6 heteroatoms. The van der Waals surface area contributed by atoms with Crippen LogP contribution < -0.4 is 15.4 Å². The Labute approximate surface area is 169 Å². The minimum absolute atomic E-state index is 0.0242. The molecule has 2 N–H and O–H groups in total. The van der Waals surface area contributed by atoms with Gasteiger partial charge >= 0.3 is 0 Å². The van der Waals surface area contributed by atoms with Gasteiger partial charge in [0.05, 0.1) is 6.54 Å². The van der Waals surface area contributed by atoms with E-state index < -0.39 is 0 Å². The molecule has 2 amide bonds. The SMILES string of the molecule is CC.CCCN(C)CC(=O)NC1CC2(NC(=O)COc3ccc(C)cc3)CC12. The number of hydrogen-bond acceptors (Lipinski definition) is 4. The summed E-state index contributed by atoms with van der Waals surface area (Å²) in [6, 6.07) is 7.84. The van der Waals surface area contributed by atoms with E-state index in [-0.39, 0.29) is 30.0 Å². The number of nitrogens with zero attached hydrogens (tertiary/aromatic N) is 1. The minimum atomic E-state index is -0.110. The fourth-order valence-corrected chi connectivity index (χ4v) is 3.87. The van der Waals surface area contributed by atoms with E-state index in [1.807, 2.05) is 57.0 Å². The Morgan fingerprint density at radius 3 is 2.46 bits per heavy atom. The highest BCUT2D eigenvalue weighted by Crippen LogP contribution is 2.59. The van der Waals surface area contributed by atoms with Gasteiger partial charge in [0, 0.05) is 17.5 Å². The van der Waals surface area contributed by atoms with Crippen LogP contribution in [0.4, 0.5) is 0 Å². The molecule has 28 heavy (non-hydrogen) atoms. The molecule has 1 aromatic rings. The van der Waals surface area contributed by atoms with Gasteiger partial charge in [-0.25, -0.2) is 0 Å². The number of nitrogens with one attached hydrogen (secondary N) is 2. The lowest BCUT2D eigenvalue weighted by atomic mass is 9.86. The van der Waals surface area contributed by atoms with Crippen molar-refractivity contribution in [3.05, 3.63) is 29.8 Å². The lowest BCUT2D eigenvalue weighted by Gasteiger charge is -2.36. The summed E-state index contributed by atoms with van der Waals surface area (Å²) in [4.78, 5) is 26.2. The third-order valence-corrected chi connectivity index (χ3v) is 5.35. The molecule has 0 saturated heterocycles. The van der Waals surface area contributed by atoms with Crippen molar-refractivity contribution in [2.24, 2.45) is 5.92 Å². The quantitative estimate of drug-likeness (QED) is 0.681. The second-order valence-electron chi connectivity index (χ2n) is 7.73. The zero-order valence-electron chi connectivity index (χ0n) is 17.9. The Balaban J connectivity index is 0.00000136. The van der Waals surface area contributed by atoms with Gasteiger partial charge < -0.3 is 15.4 Å². The van der Waals surface area contributed by atoms with E-state index in [9.17, 15) is 9.59 Å². The first-order valence-electron chi connectivity index (χ1n) is 10.4. The number of fused-ring (bicyclic) bond motifs is 1. The van der Waals surface area contributed by atoms with E-state index >= 15 is 0 Å². The van der Waals surface area contributed by atoms with Gasteiger partial charge in [0.1, 0.15) is 5.75 Å². The van der Waals surface area contributed by atoms with Crippen molar-refractivity contribution in [3.63, 3.8) is 0 Å². The Morgan fingerprint density at radius 2 is 1.86 bits per heavy atom. The lowest BCUT2D eigenvalue weighted by molar-refractivity contribution is -0.125. The molecule has 156 valence electrons. The number of amides is 2. The number of benzene rings is 1. The maximum atomic E-state index is 12.1. The second-order valence-corrected chi connectivity index (χ2v) is 7.73. The fourth-order valence-electron chi connectivity index (χ4n) is 3.87. The van der Waals surface area contributed by atoms with Crippen LogP contribution in [-0.2, 0) is 9.59 Å². The maximum absolute atomic E-state index is 12.1. The summed E-state index contributed by atoms with van der Waals surface area (Å²) in [5.41, 5.74) is 1.05. The van der Waals surface area contributed by atoms with Crippen molar-refractivity contribution >= 4 is 11.8 Å². The van der Waals surface area contributed by atoms with Crippen LogP contribution in [0.15, 0.2) is 24.3 Å². The van der Waals surface area contributed by atoms with Crippen LogP contribution in [0.1, 0.15) is 45.6 Å². The van der Waals surface area contributed by atoms with Crippen LogP contribution in [0.2, 0.25) is 0 Å². The van der Waals surface area contributed by atoms with Gasteiger partial charge in [-0.1, -0.05) is 38.5 Å². The maximum Gasteiger partial charge on any atom is 0.258 e. The molecule has 2 saturated carbocycles.